The molecule has 0 bridgehead atoms. The van der Waals surface area contributed by atoms with E-state index in [1.165, 1.54) is 0 Å². The van der Waals surface area contributed by atoms with E-state index in [0.29, 0.717) is 24.5 Å². The average molecular weight is 380 g/mol. The topological polar surface area (TPSA) is 84.5 Å². The number of anilines is 1. The van der Waals surface area contributed by atoms with E-state index in [-0.39, 0.29) is 17.0 Å². The maximum atomic E-state index is 14.0. The van der Waals surface area contributed by atoms with E-state index in [9.17, 15) is 17.6 Å². The first kappa shape index (κ1) is 19.9. The van der Waals surface area contributed by atoms with Gasteiger partial charge in [-0.15, -0.1) is 0 Å². The van der Waals surface area contributed by atoms with Crippen molar-refractivity contribution in [1.29, 1.82) is 0 Å². The number of hydrogen-bond acceptors (Lipinski definition) is 4. The zero-order valence-corrected chi connectivity index (χ0v) is 15.4. The predicted molar refractivity (Wildman–Crippen MR) is 97.4 cm³/mol. The Balaban J connectivity index is 2.21. The van der Waals surface area contributed by atoms with Gasteiger partial charge in [0.2, 0.25) is 10.0 Å². The Morgan fingerprint density at radius 3 is 2.42 bits per heavy atom. The van der Waals surface area contributed by atoms with E-state index in [2.05, 4.69) is 10.0 Å². The van der Waals surface area contributed by atoms with Gasteiger partial charge < -0.3 is 10.1 Å². The summed E-state index contributed by atoms with van der Waals surface area (Å²) in [7, 11) is -3.79. The Morgan fingerprint density at radius 2 is 1.81 bits per heavy atom. The Hall–Kier alpha value is -2.45. The molecule has 0 fully saturated rings. The molecule has 140 valence electrons. The van der Waals surface area contributed by atoms with Crippen LogP contribution in [0.3, 0.4) is 0 Å². The first-order valence-electron chi connectivity index (χ1n) is 8.20. The molecule has 2 N–H and O–H groups in total. The number of ether oxygens (including phenoxy) is 1. The molecule has 0 radical (unpaired) electrons. The van der Waals surface area contributed by atoms with Crippen molar-refractivity contribution in [3.8, 4) is 5.75 Å². The molecule has 26 heavy (non-hydrogen) atoms. The van der Waals surface area contributed by atoms with Crippen LogP contribution >= 0.6 is 0 Å². The lowest BCUT2D eigenvalue weighted by Gasteiger charge is -2.10. The summed E-state index contributed by atoms with van der Waals surface area (Å²) in [5, 5.41) is 2.54. The number of rotatable bonds is 8. The number of amides is 1. The van der Waals surface area contributed by atoms with Crippen LogP contribution < -0.4 is 14.8 Å². The fraction of sp³-hybridized carbons (Fsp3) is 0.278. The fourth-order valence-corrected chi connectivity index (χ4v) is 3.32. The van der Waals surface area contributed by atoms with Crippen molar-refractivity contribution in [3.05, 3.63) is 53.8 Å². The van der Waals surface area contributed by atoms with Gasteiger partial charge >= 0.3 is 0 Å². The van der Waals surface area contributed by atoms with Crippen LogP contribution in [0.4, 0.5) is 10.1 Å². The monoisotopic (exact) mass is 380 g/mol. The number of halogens is 1. The molecule has 8 heteroatoms. The molecule has 0 aliphatic carbocycles. The van der Waals surface area contributed by atoms with E-state index < -0.39 is 21.7 Å². The minimum Gasteiger partial charge on any atom is -0.494 e. The number of hydrogen-bond donors (Lipinski definition) is 2. The summed E-state index contributed by atoms with van der Waals surface area (Å²) in [4.78, 5) is 12.2. The van der Waals surface area contributed by atoms with Crippen LogP contribution in [-0.2, 0) is 10.0 Å². The number of sulfonamides is 1. The van der Waals surface area contributed by atoms with Gasteiger partial charge in [0, 0.05) is 12.2 Å². The maximum absolute atomic E-state index is 14.0. The predicted octanol–water partition coefficient (Wildman–Crippen LogP) is 3.17. The Labute approximate surface area is 152 Å². The van der Waals surface area contributed by atoms with Crippen LogP contribution in [0, 0.1) is 5.82 Å². The normalized spacial score (nSPS) is 11.2. The highest BCUT2D eigenvalue weighted by molar-refractivity contribution is 7.89. The average Bonchev–Trinajstić information content (AvgIpc) is 2.62. The van der Waals surface area contributed by atoms with Gasteiger partial charge in [-0.1, -0.05) is 6.92 Å². The number of nitrogens with one attached hydrogen (secondary N) is 2. The quantitative estimate of drug-likeness (QED) is 0.737. The first-order chi connectivity index (χ1) is 12.4. The van der Waals surface area contributed by atoms with E-state index in [1.807, 2.05) is 13.8 Å². The lowest BCUT2D eigenvalue weighted by Crippen LogP contribution is -2.25. The fourth-order valence-electron chi connectivity index (χ4n) is 2.16. The summed E-state index contributed by atoms with van der Waals surface area (Å²) in [5.74, 6) is -0.895. The molecule has 0 saturated heterocycles. The minimum atomic E-state index is -3.79. The molecule has 0 saturated carbocycles. The molecule has 0 aliphatic heterocycles. The number of benzene rings is 2. The summed E-state index contributed by atoms with van der Waals surface area (Å²) in [6.45, 7) is 4.45. The van der Waals surface area contributed by atoms with Gasteiger partial charge in [-0.3, -0.25) is 4.79 Å². The van der Waals surface area contributed by atoms with Crippen LogP contribution in [0.1, 0.15) is 30.6 Å². The van der Waals surface area contributed by atoms with E-state index in [0.717, 1.165) is 18.2 Å². The standard InChI is InChI=1S/C18H21FN2O4S/c1-3-11-20-26(23,24)15-9-10-17(19)16(12-15)18(22)21-13-5-7-14(8-6-13)25-4-2/h5-10,12,20H,3-4,11H2,1-2H3,(H,21,22). The third-order valence-electron chi connectivity index (χ3n) is 3.46. The van der Waals surface area contributed by atoms with Gasteiger partial charge in [0.25, 0.3) is 5.91 Å². The van der Waals surface area contributed by atoms with Crippen LogP contribution in [0.5, 0.6) is 5.75 Å². The highest BCUT2D eigenvalue weighted by atomic mass is 32.2. The molecule has 0 spiro atoms. The molecule has 2 aromatic carbocycles. The molecular formula is C18H21FN2O4S. The second-order valence-corrected chi connectivity index (χ2v) is 7.22. The molecule has 0 aromatic heterocycles. The summed E-state index contributed by atoms with van der Waals surface area (Å²) >= 11 is 0. The van der Waals surface area contributed by atoms with Crippen molar-refractivity contribution in [3.63, 3.8) is 0 Å². The van der Waals surface area contributed by atoms with Crippen LogP contribution in [-0.4, -0.2) is 27.5 Å². The lowest BCUT2D eigenvalue weighted by atomic mass is 10.2. The van der Waals surface area contributed by atoms with Crippen molar-refractivity contribution >= 4 is 21.6 Å². The van der Waals surface area contributed by atoms with Crippen molar-refractivity contribution in [1.82, 2.24) is 4.72 Å². The number of carbonyl (C=O) groups is 1. The van der Waals surface area contributed by atoms with Crippen molar-refractivity contribution in [2.24, 2.45) is 0 Å². The van der Waals surface area contributed by atoms with Gasteiger partial charge in [0.1, 0.15) is 11.6 Å². The van der Waals surface area contributed by atoms with Gasteiger partial charge in [-0.05, 0) is 55.8 Å². The van der Waals surface area contributed by atoms with Crippen LogP contribution in [0.2, 0.25) is 0 Å². The maximum Gasteiger partial charge on any atom is 0.258 e. The second-order valence-electron chi connectivity index (χ2n) is 5.45. The van der Waals surface area contributed by atoms with Crippen molar-refractivity contribution in [2.75, 3.05) is 18.5 Å². The van der Waals surface area contributed by atoms with Crippen LogP contribution in [0.15, 0.2) is 47.4 Å². The smallest absolute Gasteiger partial charge is 0.258 e. The van der Waals surface area contributed by atoms with Crippen LogP contribution in [0.25, 0.3) is 0 Å². The van der Waals surface area contributed by atoms with Gasteiger partial charge in [-0.25, -0.2) is 17.5 Å². The molecule has 0 aliphatic rings. The summed E-state index contributed by atoms with van der Waals surface area (Å²) in [6.07, 6.45) is 0.617. The Morgan fingerprint density at radius 1 is 1.12 bits per heavy atom. The third-order valence-corrected chi connectivity index (χ3v) is 4.92. The van der Waals surface area contributed by atoms with Crippen molar-refractivity contribution < 1.29 is 22.3 Å². The zero-order valence-electron chi connectivity index (χ0n) is 14.6. The molecule has 0 atom stereocenters. The highest BCUT2D eigenvalue weighted by Crippen LogP contribution is 2.19. The van der Waals surface area contributed by atoms with Crippen molar-refractivity contribution in [2.45, 2.75) is 25.2 Å². The highest BCUT2D eigenvalue weighted by Gasteiger charge is 2.19. The number of carbonyl (C=O) groups excluding carboxylic acids is 1. The third kappa shape index (κ3) is 5.03. The van der Waals surface area contributed by atoms with E-state index in [1.54, 1.807) is 24.3 Å². The van der Waals surface area contributed by atoms with E-state index in [4.69, 9.17) is 4.74 Å². The molecular weight excluding hydrogens is 359 g/mol. The van der Waals surface area contributed by atoms with Gasteiger partial charge in [0.05, 0.1) is 17.1 Å². The van der Waals surface area contributed by atoms with Gasteiger partial charge in [0.15, 0.2) is 0 Å². The largest absolute Gasteiger partial charge is 0.494 e. The zero-order chi connectivity index (χ0) is 19.2. The molecule has 2 rings (SSSR count). The Bertz CT molecular complexity index is 867. The molecule has 6 nitrogen and oxygen atoms in total. The van der Waals surface area contributed by atoms with Gasteiger partial charge in [-0.2, -0.15) is 0 Å². The Kier molecular flexibility index (Phi) is 6.70. The summed E-state index contributed by atoms with van der Waals surface area (Å²) in [6, 6.07) is 9.69. The minimum absolute atomic E-state index is 0.163. The first-order valence-corrected chi connectivity index (χ1v) is 9.69. The lowest BCUT2D eigenvalue weighted by molar-refractivity contribution is 0.102. The molecule has 0 heterocycles. The molecule has 2 aromatic rings. The van der Waals surface area contributed by atoms with E-state index >= 15 is 0 Å². The SMILES string of the molecule is CCCNS(=O)(=O)c1ccc(F)c(C(=O)Nc2ccc(OCC)cc2)c1. The molecule has 1 amide bonds. The summed E-state index contributed by atoms with van der Waals surface area (Å²) < 4.78 is 46.0. The molecule has 0 unspecified atom stereocenters. The second kappa shape index (κ2) is 8.77. The summed E-state index contributed by atoms with van der Waals surface area (Å²) in [5.41, 5.74) is 0.0912.